The van der Waals surface area contributed by atoms with Crippen LogP contribution >= 0.6 is 0 Å². The maximum atomic E-state index is 12.9. The lowest BCUT2D eigenvalue weighted by molar-refractivity contribution is 0.120. The van der Waals surface area contributed by atoms with Crippen molar-refractivity contribution in [3.63, 3.8) is 0 Å². The van der Waals surface area contributed by atoms with Gasteiger partial charge in [0, 0.05) is 0 Å². The summed E-state index contributed by atoms with van der Waals surface area (Å²) in [5, 5.41) is 0. The van der Waals surface area contributed by atoms with E-state index in [1.807, 2.05) is 13.8 Å². The second-order valence-electron chi connectivity index (χ2n) is 3.58. The molecule has 0 atom stereocenters. The van der Waals surface area contributed by atoms with Crippen LogP contribution in [0.4, 0.5) is 4.39 Å². The van der Waals surface area contributed by atoms with Crippen LogP contribution in [0.3, 0.4) is 0 Å². The van der Waals surface area contributed by atoms with E-state index < -0.39 is 0 Å². The van der Waals surface area contributed by atoms with Crippen molar-refractivity contribution in [1.82, 2.24) is 0 Å². The van der Waals surface area contributed by atoms with Gasteiger partial charge in [0.1, 0.15) is 11.6 Å². The fraction of sp³-hybridized carbons (Fsp3) is 0.538. The highest BCUT2D eigenvalue weighted by Crippen LogP contribution is 2.25. The molecule has 1 aromatic rings. The minimum Gasteiger partial charge on any atom is -0.490 e. The van der Waals surface area contributed by atoms with Crippen LogP contribution in [0, 0.1) is 12.7 Å². The summed E-state index contributed by atoms with van der Waals surface area (Å²) in [6, 6.07) is 4.91. The molecule has 1 aromatic carbocycles. The van der Waals surface area contributed by atoms with Gasteiger partial charge in [-0.25, -0.2) is 4.39 Å². The van der Waals surface area contributed by atoms with Crippen molar-refractivity contribution in [2.75, 3.05) is 0 Å². The molecular weight excluding hydrogens is 191 g/mol. The number of ether oxygens (including phenoxy) is 1. The summed E-state index contributed by atoms with van der Waals surface area (Å²) < 4.78 is 18.5. The number of rotatable bonds is 2. The molecule has 1 fully saturated rings. The van der Waals surface area contributed by atoms with Gasteiger partial charge in [0.25, 0.3) is 0 Å². The first-order valence-corrected chi connectivity index (χ1v) is 5.68. The van der Waals surface area contributed by atoms with Gasteiger partial charge in [-0.2, -0.15) is 0 Å². The van der Waals surface area contributed by atoms with Crippen LogP contribution in [-0.4, -0.2) is 6.10 Å². The Morgan fingerprint density at radius 2 is 1.93 bits per heavy atom. The predicted octanol–water partition coefficient (Wildman–Crippen LogP) is 4.09. The number of hydrogen-bond acceptors (Lipinski definition) is 1. The van der Waals surface area contributed by atoms with E-state index in [2.05, 4.69) is 0 Å². The summed E-state index contributed by atoms with van der Waals surface area (Å²) in [6.07, 6.45) is 3.89. The number of hydrogen-bond donors (Lipinski definition) is 0. The van der Waals surface area contributed by atoms with Gasteiger partial charge in [-0.05, 0) is 49.9 Å². The monoisotopic (exact) mass is 210 g/mol. The topological polar surface area (TPSA) is 9.23 Å². The lowest BCUT2D eigenvalue weighted by Gasteiger charge is -2.26. The Labute approximate surface area is 91.3 Å². The summed E-state index contributed by atoms with van der Waals surface area (Å²) in [4.78, 5) is 0. The minimum atomic E-state index is -0.166. The second kappa shape index (κ2) is 5.74. The smallest absolute Gasteiger partial charge is 0.126 e. The Balaban J connectivity index is 0.000000531. The first-order valence-electron chi connectivity index (χ1n) is 5.68. The molecule has 1 nitrogen and oxygen atoms in total. The van der Waals surface area contributed by atoms with Crippen molar-refractivity contribution in [3.05, 3.63) is 29.6 Å². The van der Waals surface area contributed by atoms with Crippen molar-refractivity contribution in [2.45, 2.75) is 46.1 Å². The van der Waals surface area contributed by atoms with Gasteiger partial charge >= 0.3 is 0 Å². The van der Waals surface area contributed by atoms with Crippen molar-refractivity contribution in [2.24, 2.45) is 0 Å². The normalized spacial score (nSPS) is 14.9. The van der Waals surface area contributed by atoms with E-state index in [0.717, 1.165) is 18.6 Å². The Hall–Kier alpha value is -1.05. The van der Waals surface area contributed by atoms with Crippen molar-refractivity contribution in [1.29, 1.82) is 0 Å². The molecule has 0 aromatic heterocycles. The van der Waals surface area contributed by atoms with E-state index in [1.165, 1.54) is 12.5 Å². The van der Waals surface area contributed by atoms with Crippen molar-refractivity contribution >= 4 is 0 Å². The van der Waals surface area contributed by atoms with E-state index in [9.17, 15) is 4.39 Å². The standard InChI is InChI=1S/C11H13FO.C2H6/c1-8-7-10(5-6-11(8)12)13-9-3-2-4-9;1-2/h5-7,9H,2-4H2,1H3;1-2H3. The van der Waals surface area contributed by atoms with Gasteiger partial charge in [-0.15, -0.1) is 0 Å². The fourth-order valence-electron chi connectivity index (χ4n) is 1.37. The van der Waals surface area contributed by atoms with Gasteiger partial charge in [-0.3, -0.25) is 0 Å². The van der Waals surface area contributed by atoms with Crippen LogP contribution in [0.1, 0.15) is 38.7 Å². The largest absolute Gasteiger partial charge is 0.490 e. The SMILES string of the molecule is CC.Cc1cc(OC2CCC2)ccc1F. The van der Waals surface area contributed by atoms with Crippen LogP contribution < -0.4 is 4.74 Å². The zero-order chi connectivity index (χ0) is 11.3. The van der Waals surface area contributed by atoms with Gasteiger partial charge in [-0.1, -0.05) is 13.8 Å². The molecule has 0 amide bonds. The maximum absolute atomic E-state index is 12.9. The second-order valence-corrected chi connectivity index (χ2v) is 3.58. The zero-order valence-corrected chi connectivity index (χ0v) is 9.72. The molecule has 2 rings (SSSR count). The van der Waals surface area contributed by atoms with Crippen LogP contribution in [0.2, 0.25) is 0 Å². The zero-order valence-electron chi connectivity index (χ0n) is 9.72. The molecule has 0 heterocycles. The Bertz CT molecular complexity index is 305. The average Bonchev–Trinajstić information content (AvgIpc) is 2.20. The van der Waals surface area contributed by atoms with E-state index in [4.69, 9.17) is 4.74 Å². The molecule has 2 heteroatoms. The molecule has 1 aliphatic carbocycles. The third kappa shape index (κ3) is 3.22. The molecule has 0 radical (unpaired) electrons. The molecule has 0 spiro atoms. The van der Waals surface area contributed by atoms with Gasteiger partial charge in [0.2, 0.25) is 0 Å². The maximum Gasteiger partial charge on any atom is 0.126 e. The number of halogens is 1. The molecule has 0 aliphatic heterocycles. The highest BCUT2D eigenvalue weighted by molar-refractivity contribution is 5.29. The van der Waals surface area contributed by atoms with E-state index in [1.54, 1.807) is 19.1 Å². The molecule has 1 saturated carbocycles. The van der Waals surface area contributed by atoms with E-state index >= 15 is 0 Å². The molecule has 1 aliphatic rings. The van der Waals surface area contributed by atoms with Gasteiger partial charge < -0.3 is 4.74 Å². The fourth-order valence-corrected chi connectivity index (χ4v) is 1.37. The van der Waals surface area contributed by atoms with E-state index in [-0.39, 0.29) is 5.82 Å². The van der Waals surface area contributed by atoms with Crippen LogP contribution in [-0.2, 0) is 0 Å². The molecule has 15 heavy (non-hydrogen) atoms. The summed E-state index contributed by atoms with van der Waals surface area (Å²) in [5.41, 5.74) is 0.650. The lowest BCUT2D eigenvalue weighted by atomic mass is 9.96. The Morgan fingerprint density at radius 3 is 2.40 bits per heavy atom. The first-order chi connectivity index (χ1) is 7.25. The Morgan fingerprint density at radius 1 is 1.27 bits per heavy atom. The highest BCUT2D eigenvalue weighted by atomic mass is 19.1. The van der Waals surface area contributed by atoms with Crippen LogP contribution in [0.5, 0.6) is 5.75 Å². The first kappa shape index (κ1) is 12.0. The van der Waals surface area contributed by atoms with Crippen LogP contribution in [0.25, 0.3) is 0 Å². The highest BCUT2D eigenvalue weighted by Gasteiger charge is 2.19. The average molecular weight is 210 g/mol. The number of aryl methyl sites for hydroxylation is 1. The van der Waals surface area contributed by atoms with E-state index in [0.29, 0.717) is 11.7 Å². The summed E-state index contributed by atoms with van der Waals surface area (Å²) in [6.45, 7) is 5.75. The molecular formula is C13H19FO. The Kier molecular flexibility index (Phi) is 4.60. The number of benzene rings is 1. The quantitative estimate of drug-likeness (QED) is 0.714. The third-order valence-corrected chi connectivity index (χ3v) is 2.48. The third-order valence-electron chi connectivity index (χ3n) is 2.48. The van der Waals surface area contributed by atoms with Gasteiger partial charge in [0.05, 0.1) is 6.10 Å². The minimum absolute atomic E-state index is 0.166. The van der Waals surface area contributed by atoms with Gasteiger partial charge in [0.15, 0.2) is 0 Å². The van der Waals surface area contributed by atoms with Crippen LogP contribution in [0.15, 0.2) is 18.2 Å². The molecule has 84 valence electrons. The summed E-state index contributed by atoms with van der Waals surface area (Å²) in [5.74, 6) is 0.629. The summed E-state index contributed by atoms with van der Waals surface area (Å²) in [7, 11) is 0. The lowest BCUT2D eigenvalue weighted by Crippen LogP contribution is -2.24. The summed E-state index contributed by atoms with van der Waals surface area (Å²) >= 11 is 0. The van der Waals surface area contributed by atoms with Crippen molar-refractivity contribution < 1.29 is 9.13 Å². The molecule has 0 unspecified atom stereocenters. The van der Waals surface area contributed by atoms with Crippen molar-refractivity contribution in [3.8, 4) is 5.75 Å². The molecule has 0 bridgehead atoms. The molecule has 0 N–H and O–H groups in total. The molecule has 0 saturated heterocycles. The predicted molar refractivity (Wildman–Crippen MR) is 60.8 cm³/mol.